The minimum Gasteiger partial charge on any atom is -0.459 e. The van der Waals surface area contributed by atoms with Gasteiger partial charge >= 0.3 is 5.97 Å². The van der Waals surface area contributed by atoms with Gasteiger partial charge < -0.3 is 15.2 Å². The molecule has 0 aliphatic rings. The Hall–Kier alpha value is -0.260. The Labute approximate surface area is 95.9 Å². The minimum atomic E-state index is -0.410. The molecule has 0 fully saturated rings. The van der Waals surface area contributed by atoms with E-state index in [4.69, 9.17) is 15.2 Å². The third-order valence-electron chi connectivity index (χ3n) is 1.35. The smallest absolute Gasteiger partial charge is 0.316 e. The molecule has 0 aliphatic heterocycles. The van der Waals surface area contributed by atoms with Gasteiger partial charge in [0.1, 0.15) is 5.60 Å². The van der Waals surface area contributed by atoms with E-state index < -0.39 is 5.60 Å². The quantitative estimate of drug-likeness (QED) is 0.697. The van der Waals surface area contributed by atoms with Gasteiger partial charge in [0, 0.05) is 18.9 Å². The maximum Gasteiger partial charge on any atom is 0.316 e. The van der Waals surface area contributed by atoms with Crippen molar-refractivity contribution in [1.82, 2.24) is 0 Å². The van der Waals surface area contributed by atoms with E-state index in [1.54, 1.807) is 7.11 Å². The fourth-order valence-electron chi connectivity index (χ4n) is 0.927. The molecule has 5 heteroatoms. The van der Waals surface area contributed by atoms with Gasteiger partial charge in [0.25, 0.3) is 0 Å². The van der Waals surface area contributed by atoms with Crippen molar-refractivity contribution in [3.8, 4) is 0 Å². The summed E-state index contributed by atoms with van der Waals surface area (Å²) in [5.41, 5.74) is 5.29. The van der Waals surface area contributed by atoms with Crippen LogP contribution in [0.2, 0.25) is 0 Å². The second-order valence-electron chi connectivity index (χ2n) is 4.32. The standard InChI is InChI=1S/C10H21NO3S/c1-10(2,3)14-9(12)7-15-6-8(11)5-13-4/h8H,5-7,11H2,1-4H3. The van der Waals surface area contributed by atoms with Crippen molar-refractivity contribution < 1.29 is 14.3 Å². The highest BCUT2D eigenvalue weighted by Crippen LogP contribution is 2.10. The lowest BCUT2D eigenvalue weighted by atomic mass is 10.2. The van der Waals surface area contributed by atoms with E-state index in [1.807, 2.05) is 20.8 Å². The highest BCUT2D eigenvalue weighted by Gasteiger charge is 2.16. The molecule has 0 aliphatic carbocycles. The summed E-state index contributed by atoms with van der Waals surface area (Å²) in [6, 6.07) is -0.0255. The molecule has 1 unspecified atom stereocenters. The highest BCUT2D eigenvalue weighted by atomic mass is 32.2. The number of esters is 1. The Morgan fingerprint density at radius 1 is 1.47 bits per heavy atom. The molecule has 90 valence electrons. The first-order chi connectivity index (χ1) is 6.85. The Kier molecular flexibility index (Phi) is 6.96. The van der Waals surface area contributed by atoms with Crippen molar-refractivity contribution in [2.75, 3.05) is 25.2 Å². The molecule has 0 rings (SSSR count). The van der Waals surface area contributed by atoms with E-state index >= 15 is 0 Å². The van der Waals surface area contributed by atoms with Crippen LogP contribution in [-0.4, -0.2) is 42.8 Å². The number of rotatable bonds is 6. The van der Waals surface area contributed by atoms with Gasteiger partial charge in [-0.15, -0.1) is 11.8 Å². The largest absolute Gasteiger partial charge is 0.459 e. The summed E-state index contributed by atoms with van der Waals surface area (Å²) in [5, 5.41) is 0. The Bertz CT molecular complexity index is 192. The predicted octanol–water partition coefficient (Wildman–Crippen LogP) is 1.03. The molecule has 0 spiro atoms. The maximum atomic E-state index is 11.3. The fraction of sp³-hybridized carbons (Fsp3) is 0.900. The molecule has 1 atom stereocenters. The number of carbonyl (C=O) groups excluding carboxylic acids is 1. The Morgan fingerprint density at radius 2 is 2.07 bits per heavy atom. The molecule has 0 aromatic carbocycles. The average Bonchev–Trinajstić information content (AvgIpc) is 2.00. The number of hydrogen-bond donors (Lipinski definition) is 1. The van der Waals surface area contributed by atoms with Gasteiger partial charge in [-0.05, 0) is 20.8 Å². The predicted molar refractivity (Wildman–Crippen MR) is 63.0 cm³/mol. The molecule has 0 heterocycles. The lowest BCUT2D eigenvalue weighted by Gasteiger charge is -2.19. The van der Waals surface area contributed by atoms with Crippen LogP contribution in [0.25, 0.3) is 0 Å². The van der Waals surface area contributed by atoms with Crippen molar-refractivity contribution in [1.29, 1.82) is 0 Å². The lowest BCUT2D eigenvalue weighted by molar-refractivity contribution is -0.151. The van der Waals surface area contributed by atoms with Gasteiger partial charge in [0.15, 0.2) is 0 Å². The van der Waals surface area contributed by atoms with Crippen molar-refractivity contribution in [2.24, 2.45) is 5.73 Å². The third-order valence-corrected chi connectivity index (χ3v) is 2.46. The zero-order valence-corrected chi connectivity index (χ0v) is 10.7. The van der Waals surface area contributed by atoms with Crippen LogP contribution in [-0.2, 0) is 14.3 Å². The number of methoxy groups -OCH3 is 1. The summed E-state index contributed by atoms with van der Waals surface area (Å²) in [7, 11) is 1.61. The minimum absolute atomic E-state index is 0.0255. The molecule has 15 heavy (non-hydrogen) atoms. The highest BCUT2D eigenvalue weighted by molar-refractivity contribution is 7.99. The summed E-state index contributed by atoms with van der Waals surface area (Å²) in [6.45, 7) is 6.08. The summed E-state index contributed by atoms with van der Waals surface area (Å²) in [5.74, 6) is 0.846. The summed E-state index contributed by atoms with van der Waals surface area (Å²) in [4.78, 5) is 11.3. The molecule has 0 aromatic rings. The van der Waals surface area contributed by atoms with E-state index in [1.165, 1.54) is 11.8 Å². The number of hydrogen-bond acceptors (Lipinski definition) is 5. The van der Waals surface area contributed by atoms with Crippen molar-refractivity contribution >= 4 is 17.7 Å². The fourth-order valence-corrected chi connectivity index (χ4v) is 1.67. The van der Waals surface area contributed by atoms with Crippen LogP contribution in [0.15, 0.2) is 0 Å². The average molecular weight is 235 g/mol. The Balaban J connectivity index is 3.55. The zero-order valence-electron chi connectivity index (χ0n) is 9.91. The van der Waals surface area contributed by atoms with Crippen molar-refractivity contribution in [3.63, 3.8) is 0 Å². The van der Waals surface area contributed by atoms with Gasteiger partial charge in [-0.3, -0.25) is 4.79 Å². The SMILES string of the molecule is COCC(N)CSCC(=O)OC(C)(C)C. The van der Waals surface area contributed by atoms with Crippen LogP contribution in [0.4, 0.5) is 0 Å². The topological polar surface area (TPSA) is 61.5 Å². The van der Waals surface area contributed by atoms with Gasteiger partial charge in [-0.25, -0.2) is 0 Å². The number of carbonyl (C=O) groups is 1. The molecule has 0 amide bonds. The van der Waals surface area contributed by atoms with E-state index in [0.29, 0.717) is 18.1 Å². The van der Waals surface area contributed by atoms with E-state index in [-0.39, 0.29) is 12.0 Å². The van der Waals surface area contributed by atoms with Crippen molar-refractivity contribution in [2.45, 2.75) is 32.4 Å². The monoisotopic (exact) mass is 235 g/mol. The molecule has 0 bridgehead atoms. The van der Waals surface area contributed by atoms with E-state index in [0.717, 1.165) is 0 Å². The second kappa shape index (κ2) is 7.09. The summed E-state index contributed by atoms with van der Waals surface area (Å²) >= 11 is 1.47. The molecule has 0 aromatic heterocycles. The molecule has 0 saturated carbocycles. The molecular weight excluding hydrogens is 214 g/mol. The maximum absolute atomic E-state index is 11.3. The van der Waals surface area contributed by atoms with Crippen LogP contribution in [0.5, 0.6) is 0 Å². The normalized spacial score (nSPS) is 13.7. The first kappa shape index (κ1) is 14.7. The van der Waals surface area contributed by atoms with Gasteiger partial charge in [0.2, 0.25) is 0 Å². The lowest BCUT2D eigenvalue weighted by Crippen LogP contribution is -2.29. The van der Waals surface area contributed by atoms with Gasteiger partial charge in [0.05, 0.1) is 12.4 Å². The van der Waals surface area contributed by atoms with Crippen LogP contribution in [0, 0.1) is 0 Å². The number of thioether (sulfide) groups is 1. The first-order valence-electron chi connectivity index (χ1n) is 4.89. The second-order valence-corrected chi connectivity index (χ2v) is 5.35. The number of ether oxygens (including phenoxy) is 2. The van der Waals surface area contributed by atoms with Gasteiger partial charge in [-0.1, -0.05) is 0 Å². The summed E-state index contributed by atoms with van der Waals surface area (Å²) in [6.07, 6.45) is 0. The molecule has 4 nitrogen and oxygen atoms in total. The summed E-state index contributed by atoms with van der Waals surface area (Å²) < 4.78 is 10.0. The number of nitrogens with two attached hydrogens (primary N) is 1. The van der Waals surface area contributed by atoms with Crippen LogP contribution in [0.1, 0.15) is 20.8 Å². The van der Waals surface area contributed by atoms with E-state index in [9.17, 15) is 4.79 Å². The molecule has 0 saturated heterocycles. The van der Waals surface area contributed by atoms with Crippen LogP contribution >= 0.6 is 11.8 Å². The first-order valence-corrected chi connectivity index (χ1v) is 6.04. The van der Waals surface area contributed by atoms with Crippen LogP contribution in [0.3, 0.4) is 0 Å². The molecule has 0 radical (unpaired) electrons. The van der Waals surface area contributed by atoms with Crippen molar-refractivity contribution in [3.05, 3.63) is 0 Å². The molecule has 2 N–H and O–H groups in total. The zero-order chi connectivity index (χ0) is 11.9. The molecular formula is C10H21NO3S. The Morgan fingerprint density at radius 3 is 2.53 bits per heavy atom. The van der Waals surface area contributed by atoms with Gasteiger partial charge in [-0.2, -0.15) is 0 Å². The van der Waals surface area contributed by atoms with Crippen LogP contribution < -0.4 is 5.73 Å². The third kappa shape index (κ3) is 10.0. The van der Waals surface area contributed by atoms with E-state index in [2.05, 4.69) is 0 Å².